The lowest BCUT2D eigenvalue weighted by Crippen LogP contribution is -2.27. The third-order valence-electron chi connectivity index (χ3n) is 2.90. The molecule has 1 amide bonds. The Labute approximate surface area is 116 Å². The van der Waals surface area contributed by atoms with E-state index < -0.39 is 11.7 Å². The number of carbonyl (C=O) groups excluding carboxylic acids is 1. The van der Waals surface area contributed by atoms with Crippen LogP contribution in [-0.2, 0) is 0 Å². The van der Waals surface area contributed by atoms with Crippen molar-refractivity contribution in [3.05, 3.63) is 59.7 Å². The lowest BCUT2D eigenvalue weighted by Gasteiger charge is -2.13. The topological polar surface area (TPSA) is 51.2 Å². The van der Waals surface area contributed by atoms with E-state index >= 15 is 0 Å². The zero-order chi connectivity index (χ0) is 14.5. The highest BCUT2D eigenvalue weighted by Crippen LogP contribution is 2.17. The Kier molecular flexibility index (Phi) is 4.30. The van der Waals surface area contributed by atoms with Gasteiger partial charge in [-0.1, -0.05) is 6.07 Å². The molecule has 0 aliphatic carbocycles. The second-order valence-corrected chi connectivity index (χ2v) is 4.30. The van der Waals surface area contributed by atoms with Crippen molar-refractivity contribution in [2.75, 3.05) is 7.11 Å². The molecule has 0 aliphatic rings. The monoisotopic (exact) mass is 274 g/mol. The van der Waals surface area contributed by atoms with E-state index in [-0.39, 0.29) is 11.6 Å². The Bertz CT molecular complexity index is 602. The van der Waals surface area contributed by atoms with E-state index in [0.29, 0.717) is 5.75 Å². The number of nitrogens with one attached hydrogen (secondary N) is 1. The number of ether oxygens (including phenoxy) is 1. The molecular weight excluding hydrogens is 259 g/mol. The number of halogens is 1. The van der Waals surface area contributed by atoms with E-state index in [1.807, 2.05) is 6.07 Å². The molecule has 2 aromatic rings. The van der Waals surface area contributed by atoms with Gasteiger partial charge in [0.25, 0.3) is 5.91 Å². The number of carbonyl (C=O) groups is 1. The number of methoxy groups -OCH3 is 1. The summed E-state index contributed by atoms with van der Waals surface area (Å²) in [5, 5.41) is 2.71. The summed E-state index contributed by atoms with van der Waals surface area (Å²) in [5.74, 6) is -0.727. The fraction of sp³-hybridized carbons (Fsp3) is 0.200. The molecule has 1 unspecified atom stereocenters. The van der Waals surface area contributed by atoms with Crippen molar-refractivity contribution < 1.29 is 13.9 Å². The zero-order valence-corrected chi connectivity index (χ0v) is 11.3. The van der Waals surface area contributed by atoms with E-state index in [1.165, 1.54) is 19.2 Å². The number of aromatic nitrogens is 1. The first-order valence-electron chi connectivity index (χ1n) is 6.17. The fourth-order valence-electron chi connectivity index (χ4n) is 1.79. The van der Waals surface area contributed by atoms with Crippen LogP contribution in [0.4, 0.5) is 4.39 Å². The van der Waals surface area contributed by atoms with Crippen molar-refractivity contribution >= 4 is 5.91 Å². The highest BCUT2D eigenvalue weighted by atomic mass is 19.1. The predicted octanol–water partition coefficient (Wildman–Crippen LogP) is 2.72. The number of benzene rings is 1. The number of rotatable bonds is 4. The first kappa shape index (κ1) is 14.0. The van der Waals surface area contributed by atoms with Crippen molar-refractivity contribution in [3.8, 4) is 5.75 Å². The molecule has 0 radical (unpaired) electrons. The van der Waals surface area contributed by atoms with Crippen LogP contribution in [0.2, 0.25) is 0 Å². The predicted molar refractivity (Wildman–Crippen MR) is 73.1 cm³/mol. The Morgan fingerprint density at radius 2 is 2.15 bits per heavy atom. The Morgan fingerprint density at radius 1 is 1.35 bits per heavy atom. The average molecular weight is 274 g/mol. The molecule has 1 heterocycles. The molecule has 1 aromatic heterocycles. The highest BCUT2D eigenvalue weighted by Gasteiger charge is 2.16. The minimum atomic E-state index is -0.616. The first-order chi connectivity index (χ1) is 9.61. The molecule has 0 saturated heterocycles. The highest BCUT2D eigenvalue weighted by molar-refractivity contribution is 5.94. The van der Waals surface area contributed by atoms with Crippen molar-refractivity contribution in [2.45, 2.75) is 13.0 Å². The summed E-state index contributed by atoms with van der Waals surface area (Å²) in [7, 11) is 1.44. The summed E-state index contributed by atoms with van der Waals surface area (Å²) >= 11 is 0. The van der Waals surface area contributed by atoms with Gasteiger partial charge in [0.1, 0.15) is 11.6 Å². The SMILES string of the molecule is COc1ccc(C(=O)NC(C)c2ccccn2)c(F)c1. The van der Waals surface area contributed by atoms with E-state index in [1.54, 1.807) is 31.3 Å². The van der Waals surface area contributed by atoms with E-state index in [9.17, 15) is 9.18 Å². The normalized spacial score (nSPS) is 11.8. The molecule has 0 bridgehead atoms. The van der Waals surface area contributed by atoms with Crippen molar-refractivity contribution in [1.82, 2.24) is 10.3 Å². The molecule has 104 valence electrons. The van der Waals surface area contributed by atoms with Crippen molar-refractivity contribution in [2.24, 2.45) is 0 Å². The van der Waals surface area contributed by atoms with Crippen molar-refractivity contribution in [3.63, 3.8) is 0 Å². The maximum Gasteiger partial charge on any atom is 0.254 e. The maximum atomic E-state index is 13.8. The summed E-state index contributed by atoms with van der Waals surface area (Å²) in [4.78, 5) is 16.2. The molecule has 5 heteroatoms. The Balaban J connectivity index is 2.12. The molecule has 1 atom stereocenters. The second-order valence-electron chi connectivity index (χ2n) is 4.30. The Hall–Kier alpha value is -2.43. The third kappa shape index (κ3) is 3.12. The summed E-state index contributed by atoms with van der Waals surface area (Å²) in [5.41, 5.74) is 0.698. The van der Waals surface area contributed by atoms with Crippen LogP contribution in [0.25, 0.3) is 0 Å². The van der Waals surface area contributed by atoms with Crippen LogP contribution in [0.3, 0.4) is 0 Å². The van der Waals surface area contributed by atoms with Gasteiger partial charge in [0.2, 0.25) is 0 Å². The molecular formula is C15H15FN2O2. The lowest BCUT2D eigenvalue weighted by atomic mass is 10.1. The van der Waals surface area contributed by atoms with Crippen LogP contribution in [0.15, 0.2) is 42.6 Å². The van der Waals surface area contributed by atoms with Gasteiger partial charge < -0.3 is 10.1 Å². The van der Waals surface area contributed by atoms with E-state index in [4.69, 9.17) is 4.74 Å². The molecule has 0 spiro atoms. The molecule has 1 N–H and O–H groups in total. The van der Waals surface area contributed by atoms with Crippen LogP contribution in [0, 0.1) is 5.82 Å². The first-order valence-corrected chi connectivity index (χ1v) is 6.17. The largest absolute Gasteiger partial charge is 0.497 e. The van der Waals surface area contributed by atoms with Crippen LogP contribution < -0.4 is 10.1 Å². The van der Waals surface area contributed by atoms with Gasteiger partial charge in [-0.05, 0) is 31.2 Å². The lowest BCUT2D eigenvalue weighted by molar-refractivity contribution is 0.0935. The van der Waals surface area contributed by atoms with Crippen LogP contribution >= 0.6 is 0 Å². The smallest absolute Gasteiger partial charge is 0.254 e. The number of hydrogen-bond acceptors (Lipinski definition) is 3. The molecule has 0 aliphatic heterocycles. The molecule has 2 rings (SSSR count). The quantitative estimate of drug-likeness (QED) is 0.932. The van der Waals surface area contributed by atoms with Gasteiger partial charge in [0.05, 0.1) is 24.4 Å². The van der Waals surface area contributed by atoms with Gasteiger partial charge in [0.15, 0.2) is 0 Å². The molecule has 20 heavy (non-hydrogen) atoms. The third-order valence-corrected chi connectivity index (χ3v) is 2.90. The van der Waals surface area contributed by atoms with Gasteiger partial charge in [0, 0.05) is 12.3 Å². The minimum absolute atomic E-state index is 0.0198. The van der Waals surface area contributed by atoms with Gasteiger partial charge in [-0.3, -0.25) is 9.78 Å². The molecule has 1 aromatic carbocycles. The van der Waals surface area contributed by atoms with Crippen LogP contribution in [-0.4, -0.2) is 18.0 Å². The number of amides is 1. The average Bonchev–Trinajstić information content (AvgIpc) is 2.47. The van der Waals surface area contributed by atoms with Crippen molar-refractivity contribution in [1.29, 1.82) is 0 Å². The van der Waals surface area contributed by atoms with Gasteiger partial charge >= 0.3 is 0 Å². The molecule has 0 saturated carbocycles. The molecule has 4 nitrogen and oxygen atoms in total. The number of hydrogen-bond donors (Lipinski definition) is 1. The number of nitrogens with zero attached hydrogens (tertiary/aromatic N) is 1. The van der Waals surface area contributed by atoms with E-state index in [0.717, 1.165) is 5.69 Å². The summed E-state index contributed by atoms with van der Waals surface area (Å²) in [6.07, 6.45) is 1.64. The second kappa shape index (κ2) is 6.14. The Morgan fingerprint density at radius 3 is 2.75 bits per heavy atom. The number of pyridine rings is 1. The van der Waals surface area contributed by atoms with Gasteiger partial charge in [-0.25, -0.2) is 4.39 Å². The summed E-state index contributed by atoms with van der Waals surface area (Å²) in [6, 6.07) is 9.25. The fourth-order valence-corrected chi connectivity index (χ4v) is 1.79. The zero-order valence-electron chi connectivity index (χ0n) is 11.3. The van der Waals surface area contributed by atoms with Gasteiger partial charge in [-0.2, -0.15) is 0 Å². The van der Waals surface area contributed by atoms with Crippen LogP contribution in [0.5, 0.6) is 5.75 Å². The van der Waals surface area contributed by atoms with E-state index in [2.05, 4.69) is 10.3 Å². The molecule has 0 fully saturated rings. The summed E-state index contributed by atoms with van der Waals surface area (Å²) in [6.45, 7) is 1.79. The minimum Gasteiger partial charge on any atom is -0.497 e. The van der Waals surface area contributed by atoms with Gasteiger partial charge in [-0.15, -0.1) is 0 Å². The van der Waals surface area contributed by atoms with Crippen LogP contribution in [0.1, 0.15) is 29.0 Å². The summed E-state index contributed by atoms with van der Waals surface area (Å²) < 4.78 is 18.7. The maximum absolute atomic E-state index is 13.8. The standard InChI is InChI=1S/C15H15FN2O2/c1-10(14-5-3-4-8-17-14)18-15(19)12-7-6-11(20-2)9-13(12)16/h3-10H,1-2H3,(H,18,19).